The topological polar surface area (TPSA) is 0 Å². The zero-order valence-electron chi connectivity index (χ0n) is 6.23. The van der Waals surface area contributed by atoms with E-state index < -0.39 is 10.7 Å². The first kappa shape index (κ1) is 8.17. The van der Waals surface area contributed by atoms with Crippen molar-refractivity contribution in [3.63, 3.8) is 0 Å². The molecular formula is C9H7BrF2. The molecule has 0 unspecified atom stereocenters. The van der Waals surface area contributed by atoms with Gasteiger partial charge in [0, 0.05) is 5.56 Å². The first-order valence-corrected chi connectivity index (χ1v) is 4.64. The van der Waals surface area contributed by atoms with Gasteiger partial charge in [-0.1, -0.05) is 40.2 Å². The summed E-state index contributed by atoms with van der Waals surface area (Å²) in [5.41, 5.74) is 0.927. The largest absolute Gasteiger partial charge is 0.286 e. The van der Waals surface area contributed by atoms with E-state index in [0.717, 1.165) is 5.56 Å². The molecule has 0 saturated carbocycles. The number of halogens is 3. The summed E-state index contributed by atoms with van der Waals surface area (Å²) in [6.07, 6.45) is 0.420. The molecule has 0 heterocycles. The Labute approximate surface area is 77.7 Å². The second kappa shape index (κ2) is 2.52. The fourth-order valence-electron chi connectivity index (χ4n) is 1.51. The molecule has 1 aromatic rings. The van der Waals surface area contributed by atoms with E-state index >= 15 is 0 Å². The monoisotopic (exact) mass is 232 g/mol. The molecular weight excluding hydrogens is 226 g/mol. The molecule has 1 atom stereocenters. The van der Waals surface area contributed by atoms with Crippen LogP contribution < -0.4 is 0 Å². The van der Waals surface area contributed by atoms with E-state index in [1.54, 1.807) is 18.2 Å². The van der Waals surface area contributed by atoms with Gasteiger partial charge in [-0.25, -0.2) is 8.78 Å². The Morgan fingerprint density at radius 2 is 2.00 bits per heavy atom. The lowest BCUT2D eigenvalue weighted by molar-refractivity contribution is 0.00633. The minimum Gasteiger partial charge on any atom is -0.200 e. The number of fused-ring (bicyclic) bond motifs is 1. The Morgan fingerprint density at radius 3 is 2.67 bits per heavy atom. The van der Waals surface area contributed by atoms with Crippen molar-refractivity contribution in [2.24, 2.45) is 0 Å². The van der Waals surface area contributed by atoms with Crippen LogP contribution in [0.2, 0.25) is 0 Å². The highest BCUT2D eigenvalue weighted by atomic mass is 79.9. The lowest BCUT2D eigenvalue weighted by Gasteiger charge is -2.13. The van der Waals surface area contributed by atoms with E-state index in [1.165, 1.54) is 6.07 Å². The fraction of sp³-hybridized carbons (Fsp3) is 0.333. The first-order chi connectivity index (χ1) is 5.62. The van der Waals surface area contributed by atoms with E-state index in [9.17, 15) is 8.78 Å². The minimum atomic E-state index is -2.70. The van der Waals surface area contributed by atoms with Crippen molar-refractivity contribution in [1.82, 2.24) is 0 Å². The van der Waals surface area contributed by atoms with Gasteiger partial charge in [0.15, 0.2) is 0 Å². The minimum absolute atomic E-state index is 0.173. The molecule has 0 amide bonds. The normalized spacial score (nSPS) is 25.4. The molecule has 1 aliphatic rings. The zero-order chi connectivity index (χ0) is 8.77. The predicted octanol–water partition coefficient (Wildman–Crippen LogP) is 3.10. The van der Waals surface area contributed by atoms with Crippen LogP contribution in [0.15, 0.2) is 24.3 Å². The van der Waals surface area contributed by atoms with Crippen LogP contribution in [0.25, 0.3) is 0 Å². The molecule has 3 heteroatoms. The van der Waals surface area contributed by atoms with Crippen LogP contribution in [-0.2, 0) is 12.3 Å². The Bertz CT molecular complexity index is 309. The highest BCUT2D eigenvalue weighted by Crippen LogP contribution is 2.45. The maximum atomic E-state index is 13.3. The SMILES string of the molecule is FC1(F)c2ccccc2C[C@H]1Br. The molecule has 0 aliphatic heterocycles. The third kappa shape index (κ3) is 0.993. The van der Waals surface area contributed by atoms with Gasteiger partial charge < -0.3 is 0 Å². The highest BCUT2D eigenvalue weighted by Gasteiger charge is 2.46. The second-order valence-corrected chi connectivity index (χ2v) is 4.06. The van der Waals surface area contributed by atoms with Crippen LogP contribution in [0, 0.1) is 0 Å². The molecule has 2 rings (SSSR count). The van der Waals surface area contributed by atoms with Crippen LogP contribution in [-0.4, -0.2) is 4.83 Å². The lowest BCUT2D eigenvalue weighted by Crippen LogP contribution is -2.20. The number of alkyl halides is 3. The van der Waals surface area contributed by atoms with Gasteiger partial charge in [0.25, 0.3) is 5.92 Å². The van der Waals surface area contributed by atoms with Crippen LogP contribution >= 0.6 is 15.9 Å². The molecule has 0 spiro atoms. The van der Waals surface area contributed by atoms with Crippen LogP contribution in [0.3, 0.4) is 0 Å². The van der Waals surface area contributed by atoms with Crippen LogP contribution in [0.4, 0.5) is 8.78 Å². The van der Waals surface area contributed by atoms with Crippen molar-refractivity contribution < 1.29 is 8.78 Å². The quantitative estimate of drug-likeness (QED) is 0.604. The molecule has 0 bridgehead atoms. The maximum absolute atomic E-state index is 13.3. The van der Waals surface area contributed by atoms with Gasteiger partial charge >= 0.3 is 0 Å². The lowest BCUT2D eigenvalue weighted by atomic mass is 10.1. The van der Waals surface area contributed by atoms with Gasteiger partial charge in [0.2, 0.25) is 0 Å². The molecule has 1 aliphatic carbocycles. The molecule has 0 saturated heterocycles. The number of hydrogen-bond donors (Lipinski definition) is 0. The summed E-state index contributed by atoms with van der Waals surface area (Å²) >= 11 is 2.99. The third-order valence-electron chi connectivity index (χ3n) is 2.17. The maximum Gasteiger partial charge on any atom is 0.286 e. The summed E-state index contributed by atoms with van der Waals surface area (Å²) in [7, 11) is 0. The molecule has 0 aromatic heterocycles. The molecule has 12 heavy (non-hydrogen) atoms. The summed E-state index contributed by atoms with van der Waals surface area (Å²) in [4.78, 5) is -0.734. The van der Waals surface area contributed by atoms with Gasteiger partial charge in [-0.2, -0.15) is 0 Å². The van der Waals surface area contributed by atoms with Crippen molar-refractivity contribution in [3.8, 4) is 0 Å². The Hall–Kier alpha value is -0.440. The van der Waals surface area contributed by atoms with Gasteiger partial charge in [0.05, 0.1) is 4.83 Å². The smallest absolute Gasteiger partial charge is 0.200 e. The Kier molecular flexibility index (Phi) is 1.72. The average molecular weight is 233 g/mol. The summed E-state index contributed by atoms with van der Waals surface area (Å²) in [6.45, 7) is 0. The number of hydrogen-bond acceptors (Lipinski definition) is 0. The van der Waals surface area contributed by atoms with Gasteiger partial charge in [-0.15, -0.1) is 0 Å². The molecule has 0 fully saturated rings. The second-order valence-electron chi connectivity index (χ2n) is 2.95. The van der Waals surface area contributed by atoms with Crippen LogP contribution in [0.1, 0.15) is 11.1 Å². The molecule has 1 aromatic carbocycles. The van der Waals surface area contributed by atoms with Gasteiger partial charge in [-0.05, 0) is 12.0 Å². The number of rotatable bonds is 0. The Balaban J connectivity index is 2.55. The van der Waals surface area contributed by atoms with Crippen molar-refractivity contribution >= 4 is 15.9 Å². The summed E-state index contributed by atoms with van der Waals surface area (Å²) in [5, 5.41) is 0. The Morgan fingerprint density at radius 1 is 1.33 bits per heavy atom. The van der Waals surface area contributed by atoms with Gasteiger partial charge in [-0.3, -0.25) is 0 Å². The van der Waals surface area contributed by atoms with Crippen LogP contribution in [0.5, 0.6) is 0 Å². The first-order valence-electron chi connectivity index (χ1n) is 3.72. The van der Waals surface area contributed by atoms with Crippen molar-refractivity contribution in [1.29, 1.82) is 0 Å². The van der Waals surface area contributed by atoms with Crippen molar-refractivity contribution in [3.05, 3.63) is 35.4 Å². The van der Waals surface area contributed by atoms with Gasteiger partial charge in [0.1, 0.15) is 0 Å². The molecule has 0 radical (unpaired) electrons. The molecule has 0 nitrogen and oxygen atoms in total. The fourth-order valence-corrected chi connectivity index (χ4v) is 2.11. The summed E-state index contributed by atoms with van der Waals surface area (Å²) in [6, 6.07) is 6.69. The van der Waals surface area contributed by atoms with E-state index in [4.69, 9.17) is 0 Å². The average Bonchev–Trinajstić information content (AvgIpc) is 2.25. The molecule has 64 valence electrons. The summed E-state index contributed by atoms with van der Waals surface area (Å²) < 4.78 is 26.6. The number of benzene rings is 1. The highest BCUT2D eigenvalue weighted by molar-refractivity contribution is 9.09. The molecule has 0 N–H and O–H groups in total. The van der Waals surface area contributed by atoms with E-state index in [1.807, 2.05) is 0 Å². The third-order valence-corrected chi connectivity index (χ3v) is 3.07. The standard InChI is InChI=1S/C9H7BrF2/c10-8-5-6-3-1-2-4-7(6)9(8,11)12/h1-4,8H,5H2/t8-/m1/s1. The zero-order valence-corrected chi connectivity index (χ0v) is 7.81. The predicted molar refractivity (Wildman–Crippen MR) is 46.8 cm³/mol. The van der Waals surface area contributed by atoms with E-state index in [0.29, 0.717) is 6.42 Å². The van der Waals surface area contributed by atoms with E-state index in [2.05, 4.69) is 15.9 Å². The van der Waals surface area contributed by atoms with Crippen molar-refractivity contribution in [2.45, 2.75) is 17.2 Å². The summed E-state index contributed by atoms with van der Waals surface area (Å²) in [5.74, 6) is -2.70. The van der Waals surface area contributed by atoms with Crippen molar-refractivity contribution in [2.75, 3.05) is 0 Å². The van der Waals surface area contributed by atoms with E-state index in [-0.39, 0.29) is 5.56 Å².